The van der Waals surface area contributed by atoms with Gasteiger partial charge in [0.1, 0.15) is 0 Å². The zero-order chi connectivity index (χ0) is 21.2. The first-order valence-corrected chi connectivity index (χ1v) is 12.7. The number of nitrogens with zero attached hydrogens (tertiary/aromatic N) is 1. The number of hydrogen-bond acceptors (Lipinski definition) is 1. The number of hydrogen-bond donors (Lipinski definition) is 1. The Balaban J connectivity index is 1.89. The summed E-state index contributed by atoms with van der Waals surface area (Å²) in [5.41, 5.74) is 7.76. The van der Waals surface area contributed by atoms with Crippen molar-refractivity contribution in [2.24, 2.45) is 5.73 Å². The van der Waals surface area contributed by atoms with Crippen molar-refractivity contribution >= 4 is 0 Å². The van der Waals surface area contributed by atoms with Crippen molar-refractivity contribution in [3.8, 4) is 0 Å². The van der Waals surface area contributed by atoms with Crippen molar-refractivity contribution in [1.29, 1.82) is 0 Å². The molecular formula is C27H51N2+. The molecular weight excluding hydrogens is 352 g/mol. The van der Waals surface area contributed by atoms with Crippen molar-refractivity contribution < 1.29 is 4.48 Å². The smallest absolute Gasteiger partial charge is 0.166 e. The minimum absolute atomic E-state index is 0.0764. The average molecular weight is 404 g/mol. The molecule has 0 heterocycles. The van der Waals surface area contributed by atoms with E-state index in [0.29, 0.717) is 0 Å². The van der Waals surface area contributed by atoms with Gasteiger partial charge in [-0.3, -0.25) is 5.73 Å². The van der Waals surface area contributed by atoms with Crippen LogP contribution in [-0.2, 0) is 0 Å². The predicted molar refractivity (Wildman–Crippen MR) is 130 cm³/mol. The first-order chi connectivity index (χ1) is 14.1. The van der Waals surface area contributed by atoms with Crippen LogP contribution in [0.15, 0.2) is 30.3 Å². The minimum atomic E-state index is 0.0764. The van der Waals surface area contributed by atoms with Crippen LogP contribution in [0.5, 0.6) is 0 Å². The highest BCUT2D eigenvalue weighted by Crippen LogP contribution is 2.21. The Kier molecular flexibility index (Phi) is 15.2. The Bertz CT molecular complexity index is 469. The third-order valence-electron chi connectivity index (χ3n) is 6.48. The van der Waals surface area contributed by atoms with Gasteiger partial charge in [-0.25, -0.2) is 0 Å². The Morgan fingerprint density at radius 2 is 1.00 bits per heavy atom. The van der Waals surface area contributed by atoms with E-state index < -0.39 is 0 Å². The molecule has 0 aliphatic rings. The van der Waals surface area contributed by atoms with Gasteiger partial charge in [0.25, 0.3) is 0 Å². The van der Waals surface area contributed by atoms with Gasteiger partial charge < -0.3 is 4.48 Å². The molecule has 0 spiro atoms. The highest BCUT2D eigenvalue weighted by molar-refractivity contribution is 5.16. The van der Waals surface area contributed by atoms with Crippen LogP contribution in [0, 0.1) is 0 Å². The lowest BCUT2D eigenvalue weighted by Gasteiger charge is -2.36. The Hall–Kier alpha value is -0.860. The third-order valence-corrected chi connectivity index (χ3v) is 6.48. The molecule has 0 fully saturated rings. The quantitative estimate of drug-likeness (QED) is 0.141. The summed E-state index contributed by atoms with van der Waals surface area (Å²) in [6.45, 7) is 3.46. The summed E-state index contributed by atoms with van der Waals surface area (Å²) in [4.78, 5) is 0. The molecule has 2 heteroatoms. The SMILES string of the molecule is CCCCCCCCCCCCCCCCCC[N+](C)(C)C(N)c1ccccc1. The molecule has 168 valence electrons. The molecule has 1 unspecified atom stereocenters. The first-order valence-electron chi connectivity index (χ1n) is 12.7. The molecule has 0 amide bonds. The summed E-state index contributed by atoms with van der Waals surface area (Å²) in [5, 5.41) is 0. The van der Waals surface area contributed by atoms with Gasteiger partial charge in [0.15, 0.2) is 6.17 Å². The highest BCUT2D eigenvalue weighted by atomic mass is 15.4. The van der Waals surface area contributed by atoms with Crippen molar-refractivity contribution in [3.05, 3.63) is 35.9 Å². The fourth-order valence-electron chi connectivity index (χ4n) is 4.26. The normalized spacial score (nSPS) is 13.0. The van der Waals surface area contributed by atoms with E-state index in [9.17, 15) is 0 Å². The molecule has 1 aromatic carbocycles. The van der Waals surface area contributed by atoms with Crippen molar-refractivity contribution in [3.63, 3.8) is 0 Å². The van der Waals surface area contributed by atoms with Crippen LogP contribution in [0.3, 0.4) is 0 Å². The molecule has 2 nitrogen and oxygen atoms in total. The van der Waals surface area contributed by atoms with Crippen LogP contribution >= 0.6 is 0 Å². The van der Waals surface area contributed by atoms with Crippen LogP contribution in [0.1, 0.15) is 121 Å². The minimum Gasteiger partial charge on any atom is -0.310 e. The van der Waals surface area contributed by atoms with E-state index in [0.717, 1.165) is 11.0 Å². The van der Waals surface area contributed by atoms with Crippen LogP contribution in [0.2, 0.25) is 0 Å². The molecule has 0 bridgehead atoms. The van der Waals surface area contributed by atoms with Crippen LogP contribution in [-0.4, -0.2) is 25.1 Å². The summed E-state index contributed by atoms with van der Waals surface area (Å²) in [5.74, 6) is 0. The third kappa shape index (κ3) is 13.1. The van der Waals surface area contributed by atoms with Crippen LogP contribution < -0.4 is 5.73 Å². The second-order valence-electron chi connectivity index (χ2n) is 9.66. The van der Waals surface area contributed by atoms with Gasteiger partial charge in [0, 0.05) is 5.56 Å². The zero-order valence-electron chi connectivity index (χ0n) is 20.0. The summed E-state index contributed by atoms with van der Waals surface area (Å²) in [7, 11) is 4.53. The van der Waals surface area contributed by atoms with E-state index in [1.807, 2.05) is 0 Å². The Morgan fingerprint density at radius 1 is 0.621 bits per heavy atom. The van der Waals surface area contributed by atoms with Gasteiger partial charge in [0.2, 0.25) is 0 Å². The number of unbranched alkanes of at least 4 members (excludes halogenated alkanes) is 15. The van der Waals surface area contributed by atoms with Crippen LogP contribution in [0.4, 0.5) is 0 Å². The van der Waals surface area contributed by atoms with Gasteiger partial charge >= 0.3 is 0 Å². The fraction of sp³-hybridized carbons (Fsp3) is 0.778. The van der Waals surface area contributed by atoms with E-state index >= 15 is 0 Å². The predicted octanol–water partition coefficient (Wildman–Crippen LogP) is 7.98. The van der Waals surface area contributed by atoms with E-state index in [1.165, 1.54) is 108 Å². The number of benzene rings is 1. The van der Waals surface area contributed by atoms with Gasteiger partial charge in [-0.2, -0.15) is 0 Å². The molecule has 0 saturated carbocycles. The van der Waals surface area contributed by atoms with Crippen molar-refractivity contribution in [2.45, 2.75) is 116 Å². The molecule has 0 aliphatic heterocycles. The molecule has 0 aliphatic carbocycles. The summed E-state index contributed by atoms with van der Waals surface area (Å²) in [6, 6.07) is 10.5. The number of rotatable bonds is 19. The highest BCUT2D eigenvalue weighted by Gasteiger charge is 2.25. The summed E-state index contributed by atoms with van der Waals surface area (Å²) in [6.07, 6.45) is 22.8. The van der Waals surface area contributed by atoms with Crippen molar-refractivity contribution in [1.82, 2.24) is 0 Å². The van der Waals surface area contributed by atoms with Crippen LogP contribution in [0.25, 0.3) is 0 Å². The number of quaternary nitrogens is 1. The average Bonchev–Trinajstić information content (AvgIpc) is 2.73. The maximum absolute atomic E-state index is 6.51. The van der Waals surface area contributed by atoms with E-state index in [4.69, 9.17) is 5.73 Å². The fourth-order valence-corrected chi connectivity index (χ4v) is 4.26. The van der Waals surface area contributed by atoms with Crippen molar-refractivity contribution in [2.75, 3.05) is 20.6 Å². The monoisotopic (exact) mass is 403 g/mol. The van der Waals surface area contributed by atoms with E-state index in [2.05, 4.69) is 51.4 Å². The maximum Gasteiger partial charge on any atom is 0.166 e. The molecule has 1 atom stereocenters. The number of nitrogens with two attached hydrogens (primary N) is 1. The maximum atomic E-state index is 6.51. The molecule has 0 radical (unpaired) electrons. The topological polar surface area (TPSA) is 26.0 Å². The molecule has 0 aromatic heterocycles. The van der Waals surface area contributed by atoms with Gasteiger partial charge in [-0.1, -0.05) is 127 Å². The molecule has 1 rings (SSSR count). The summed E-state index contributed by atoms with van der Waals surface area (Å²) >= 11 is 0. The lowest BCUT2D eigenvalue weighted by Crippen LogP contribution is -2.48. The largest absolute Gasteiger partial charge is 0.310 e. The standard InChI is InChI=1S/C27H51N2/c1-4-5-6-7-8-9-10-11-12-13-14-15-16-17-18-22-25-29(2,3)27(28)26-23-20-19-21-24-26/h19-21,23-24,27H,4-18,22,25,28H2,1-3H3/q+1. The molecule has 0 saturated heterocycles. The van der Waals surface area contributed by atoms with Gasteiger partial charge in [-0.05, 0) is 12.8 Å². The Morgan fingerprint density at radius 3 is 1.41 bits per heavy atom. The van der Waals surface area contributed by atoms with E-state index in [-0.39, 0.29) is 6.17 Å². The van der Waals surface area contributed by atoms with Gasteiger partial charge in [0.05, 0.1) is 20.6 Å². The molecule has 29 heavy (non-hydrogen) atoms. The lowest BCUT2D eigenvalue weighted by atomic mass is 10.0. The van der Waals surface area contributed by atoms with E-state index in [1.54, 1.807) is 0 Å². The zero-order valence-corrected chi connectivity index (χ0v) is 20.0. The second kappa shape index (κ2) is 16.9. The summed E-state index contributed by atoms with van der Waals surface area (Å²) < 4.78 is 0.878. The first kappa shape index (κ1) is 26.2. The molecule has 2 N–H and O–H groups in total. The molecule has 1 aromatic rings. The Labute approximate surface area is 182 Å². The second-order valence-corrected chi connectivity index (χ2v) is 9.66. The lowest BCUT2D eigenvalue weighted by molar-refractivity contribution is -0.921. The van der Waals surface area contributed by atoms with Gasteiger partial charge in [-0.15, -0.1) is 0 Å².